The SMILES string of the molecule is Cc1ccncc1Nc1ccc(C(N)=S)c(Br)c1F. The van der Waals surface area contributed by atoms with Crippen LogP contribution in [0.4, 0.5) is 15.8 Å². The van der Waals surface area contributed by atoms with Crippen LogP contribution in [-0.4, -0.2) is 9.97 Å². The van der Waals surface area contributed by atoms with Crippen LogP contribution in [0.3, 0.4) is 0 Å². The fourth-order valence-electron chi connectivity index (χ4n) is 1.58. The van der Waals surface area contributed by atoms with E-state index in [9.17, 15) is 4.39 Å². The van der Waals surface area contributed by atoms with Gasteiger partial charge in [-0.15, -0.1) is 0 Å². The van der Waals surface area contributed by atoms with Crippen molar-refractivity contribution < 1.29 is 4.39 Å². The molecule has 0 fully saturated rings. The smallest absolute Gasteiger partial charge is 0.161 e. The summed E-state index contributed by atoms with van der Waals surface area (Å²) in [5.74, 6) is -0.437. The lowest BCUT2D eigenvalue weighted by molar-refractivity contribution is 0.625. The molecule has 0 radical (unpaired) electrons. The van der Waals surface area contributed by atoms with Crippen molar-refractivity contribution in [2.24, 2.45) is 5.73 Å². The lowest BCUT2D eigenvalue weighted by Crippen LogP contribution is -2.11. The van der Waals surface area contributed by atoms with Crippen molar-refractivity contribution in [3.63, 3.8) is 0 Å². The summed E-state index contributed by atoms with van der Waals surface area (Å²) in [5, 5.41) is 3.00. The van der Waals surface area contributed by atoms with Crippen molar-refractivity contribution in [3.05, 3.63) is 52.0 Å². The Bertz CT molecular complexity index is 646. The highest BCUT2D eigenvalue weighted by molar-refractivity contribution is 9.10. The second kappa shape index (κ2) is 5.63. The molecule has 0 spiro atoms. The minimum atomic E-state index is -0.437. The Morgan fingerprint density at radius 2 is 2.11 bits per heavy atom. The topological polar surface area (TPSA) is 50.9 Å². The molecule has 1 aromatic heterocycles. The molecule has 0 saturated heterocycles. The zero-order chi connectivity index (χ0) is 14.0. The van der Waals surface area contributed by atoms with E-state index < -0.39 is 5.82 Å². The number of nitrogens with zero attached hydrogens (tertiary/aromatic N) is 1. The summed E-state index contributed by atoms with van der Waals surface area (Å²) >= 11 is 8.02. The third-order valence-corrected chi connectivity index (χ3v) is 3.65. The molecule has 0 atom stereocenters. The Morgan fingerprint density at radius 3 is 2.74 bits per heavy atom. The standard InChI is InChI=1S/C13H11BrFN3S/c1-7-4-5-17-6-10(7)18-9-3-2-8(13(16)19)11(14)12(9)15/h2-6,18H,1H3,(H2,16,19). The van der Waals surface area contributed by atoms with E-state index in [2.05, 4.69) is 26.2 Å². The van der Waals surface area contributed by atoms with Crippen molar-refractivity contribution in [1.29, 1.82) is 0 Å². The molecule has 0 aliphatic carbocycles. The number of benzene rings is 1. The zero-order valence-corrected chi connectivity index (χ0v) is 12.5. The highest BCUT2D eigenvalue weighted by Crippen LogP contribution is 2.29. The Hall–Kier alpha value is -1.53. The maximum atomic E-state index is 14.2. The predicted octanol–water partition coefficient (Wildman–Crippen LogP) is 3.67. The van der Waals surface area contributed by atoms with Crippen LogP contribution in [0.15, 0.2) is 35.1 Å². The molecule has 0 amide bonds. The van der Waals surface area contributed by atoms with Crippen molar-refractivity contribution in [2.45, 2.75) is 6.92 Å². The molecule has 19 heavy (non-hydrogen) atoms. The summed E-state index contributed by atoms with van der Waals surface area (Å²) < 4.78 is 14.5. The Balaban J connectivity index is 2.40. The fourth-order valence-corrected chi connectivity index (χ4v) is 2.44. The Labute approximate surface area is 124 Å². The van der Waals surface area contributed by atoms with Crippen molar-refractivity contribution >= 4 is 44.5 Å². The van der Waals surface area contributed by atoms with Gasteiger partial charge in [0, 0.05) is 11.8 Å². The largest absolute Gasteiger partial charge is 0.389 e. The van der Waals surface area contributed by atoms with Gasteiger partial charge in [-0.1, -0.05) is 12.2 Å². The zero-order valence-electron chi connectivity index (χ0n) is 10.1. The fraction of sp³-hybridized carbons (Fsp3) is 0.0769. The summed E-state index contributed by atoms with van der Waals surface area (Å²) in [6, 6.07) is 5.11. The molecule has 2 rings (SSSR count). The molecule has 1 heterocycles. The third kappa shape index (κ3) is 2.90. The van der Waals surface area contributed by atoms with Gasteiger partial charge in [-0.05, 0) is 46.6 Å². The van der Waals surface area contributed by atoms with Crippen LogP contribution < -0.4 is 11.1 Å². The minimum absolute atomic E-state index is 0.148. The molecule has 0 bridgehead atoms. The number of nitrogens with one attached hydrogen (secondary N) is 1. The second-order valence-corrected chi connectivity index (χ2v) is 5.20. The summed E-state index contributed by atoms with van der Waals surface area (Å²) in [6.07, 6.45) is 3.33. The first-order valence-electron chi connectivity index (χ1n) is 5.46. The van der Waals surface area contributed by atoms with E-state index in [1.54, 1.807) is 24.5 Å². The van der Waals surface area contributed by atoms with Gasteiger partial charge in [0.25, 0.3) is 0 Å². The number of hydrogen-bond donors (Lipinski definition) is 2. The highest BCUT2D eigenvalue weighted by Gasteiger charge is 2.13. The first kappa shape index (κ1) is 13.9. The first-order valence-corrected chi connectivity index (χ1v) is 6.66. The van der Waals surface area contributed by atoms with E-state index in [0.29, 0.717) is 11.3 Å². The predicted molar refractivity (Wildman–Crippen MR) is 82.2 cm³/mol. The molecular weight excluding hydrogens is 329 g/mol. The molecule has 0 saturated carbocycles. The van der Waals surface area contributed by atoms with Gasteiger partial charge in [-0.25, -0.2) is 4.39 Å². The summed E-state index contributed by atoms with van der Waals surface area (Å²) in [6.45, 7) is 1.92. The lowest BCUT2D eigenvalue weighted by Gasteiger charge is -2.12. The van der Waals surface area contributed by atoms with Gasteiger partial charge < -0.3 is 11.1 Å². The molecule has 0 unspecified atom stereocenters. The molecule has 3 nitrogen and oxygen atoms in total. The molecule has 3 N–H and O–H groups in total. The van der Waals surface area contributed by atoms with Gasteiger partial charge in [-0.3, -0.25) is 4.98 Å². The molecule has 0 aliphatic rings. The highest BCUT2D eigenvalue weighted by atomic mass is 79.9. The van der Waals surface area contributed by atoms with E-state index in [4.69, 9.17) is 18.0 Å². The van der Waals surface area contributed by atoms with Crippen molar-refractivity contribution in [1.82, 2.24) is 4.98 Å². The van der Waals surface area contributed by atoms with Crippen molar-refractivity contribution in [3.8, 4) is 0 Å². The van der Waals surface area contributed by atoms with Crippen LogP contribution in [0.25, 0.3) is 0 Å². The number of anilines is 2. The number of aromatic nitrogens is 1. The number of halogens is 2. The quantitative estimate of drug-likeness (QED) is 0.837. The van der Waals surface area contributed by atoms with Gasteiger partial charge in [0.2, 0.25) is 0 Å². The summed E-state index contributed by atoms with van der Waals surface area (Å²) in [7, 11) is 0. The van der Waals surface area contributed by atoms with Gasteiger partial charge >= 0.3 is 0 Å². The van der Waals surface area contributed by atoms with E-state index in [-0.39, 0.29) is 9.46 Å². The van der Waals surface area contributed by atoms with Gasteiger partial charge in [0.15, 0.2) is 5.82 Å². The molecule has 1 aromatic carbocycles. The van der Waals surface area contributed by atoms with E-state index in [1.165, 1.54) is 0 Å². The van der Waals surface area contributed by atoms with Gasteiger partial charge in [0.1, 0.15) is 4.99 Å². The number of thiocarbonyl (C=S) groups is 1. The third-order valence-electron chi connectivity index (χ3n) is 2.66. The van der Waals surface area contributed by atoms with Gasteiger partial charge in [0.05, 0.1) is 22.0 Å². The van der Waals surface area contributed by atoms with Crippen LogP contribution in [0, 0.1) is 12.7 Å². The average molecular weight is 340 g/mol. The van der Waals surface area contributed by atoms with Crippen molar-refractivity contribution in [2.75, 3.05) is 5.32 Å². The summed E-state index contributed by atoms with van der Waals surface area (Å²) in [5.41, 5.74) is 8.05. The van der Waals surface area contributed by atoms with Gasteiger partial charge in [-0.2, -0.15) is 0 Å². The number of pyridine rings is 1. The maximum absolute atomic E-state index is 14.2. The van der Waals surface area contributed by atoms with E-state index >= 15 is 0 Å². The molecule has 6 heteroatoms. The molecule has 0 aliphatic heterocycles. The van der Waals surface area contributed by atoms with Crippen LogP contribution >= 0.6 is 28.1 Å². The van der Waals surface area contributed by atoms with Crippen LogP contribution in [0.5, 0.6) is 0 Å². The lowest BCUT2D eigenvalue weighted by atomic mass is 10.2. The Morgan fingerprint density at radius 1 is 1.37 bits per heavy atom. The number of aryl methyl sites for hydroxylation is 1. The normalized spacial score (nSPS) is 10.3. The molecule has 2 aromatic rings. The number of hydrogen-bond acceptors (Lipinski definition) is 3. The van der Waals surface area contributed by atoms with Crippen LogP contribution in [-0.2, 0) is 0 Å². The van der Waals surface area contributed by atoms with E-state index in [0.717, 1.165) is 11.3 Å². The first-order chi connectivity index (χ1) is 9.00. The van der Waals surface area contributed by atoms with E-state index in [1.807, 2.05) is 13.0 Å². The second-order valence-electron chi connectivity index (χ2n) is 3.97. The minimum Gasteiger partial charge on any atom is -0.389 e. The average Bonchev–Trinajstić information content (AvgIpc) is 2.37. The number of rotatable bonds is 3. The van der Waals surface area contributed by atoms with Crippen LogP contribution in [0.2, 0.25) is 0 Å². The molecular formula is C13H11BrFN3S. The maximum Gasteiger partial charge on any atom is 0.161 e. The molecule has 98 valence electrons. The summed E-state index contributed by atoms with van der Waals surface area (Å²) in [4.78, 5) is 4.15. The monoisotopic (exact) mass is 339 g/mol. The Kier molecular flexibility index (Phi) is 4.11. The number of nitrogens with two attached hydrogens (primary N) is 1. The van der Waals surface area contributed by atoms with Crippen LogP contribution in [0.1, 0.15) is 11.1 Å².